The van der Waals surface area contributed by atoms with Crippen LogP contribution >= 0.6 is 0 Å². The van der Waals surface area contributed by atoms with Gasteiger partial charge in [0.1, 0.15) is 0 Å². The highest BCUT2D eigenvalue weighted by atomic mass is 14.6. The number of aromatic nitrogens is 1. The third kappa shape index (κ3) is 2.00. The Hall–Kier alpha value is -1.44. The Kier molecular flexibility index (Phi) is 2.55. The second-order valence-electron chi connectivity index (χ2n) is 2.15. The zero-order chi connectivity index (χ0) is 8.10. The molecular weight excluding hydrogens is 136 g/mol. The third-order valence-corrected chi connectivity index (χ3v) is 1.35. The van der Waals surface area contributed by atoms with Crippen molar-refractivity contribution in [1.82, 2.24) is 4.98 Å². The van der Waals surface area contributed by atoms with Gasteiger partial charge >= 0.3 is 0 Å². The number of pyridine rings is 1. The van der Waals surface area contributed by atoms with E-state index in [1.165, 1.54) is 0 Å². The molecule has 56 valence electrons. The Bertz CT molecular complexity index is 352. The molecule has 0 aliphatic heterocycles. The van der Waals surface area contributed by atoms with Crippen LogP contribution in [0.4, 0.5) is 0 Å². The predicted molar refractivity (Wildman–Crippen MR) is 47.9 cm³/mol. The maximum atomic E-state index is 3.97. The van der Waals surface area contributed by atoms with E-state index < -0.39 is 0 Å². The highest BCUT2D eigenvalue weighted by Crippen LogP contribution is 1.62. The molecule has 0 spiro atoms. The van der Waals surface area contributed by atoms with Gasteiger partial charge in [-0.25, -0.2) is 0 Å². The summed E-state index contributed by atoms with van der Waals surface area (Å²) in [6.07, 6.45) is 7.10. The van der Waals surface area contributed by atoms with Crippen molar-refractivity contribution in [3.8, 4) is 0 Å². The van der Waals surface area contributed by atoms with Gasteiger partial charge in [-0.1, -0.05) is 6.58 Å². The highest BCUT2D eigenvalue weighted by molar-refractivity contribution is 5.90. The zero-order valence-corrected chi connectivity index (χ0v) is 6.49. The van der Waals surface area contributed by atoms with E-state index in [2.05, 4.69) is 16.6 Å². The molecule has 1 aromatic heterocycles. The molecule has 1 rings (SSSR count). The average Bonchev–Trinajstić information content (AvgIpc) is 2.03. The summed E-state index contributed by atoms with van der Waals surface area (Å²) in [5, 5.41) is 1.98. The van der Waals surface area contributed by atoms with Crippen LogP contribution < -0.4 is 10.4 Å². The molecule has 0 aromatic carbocycles. The molecule has 2 heteroatoms. The van der Waals surface area contributed by atoms with E-state index >= 15 is 0 Å². The van der Waals surface area contributed by atoms with Gasteiger partial charge in [-0.3, -0.25) is 9.98 Å². The summed E-state index contributed by atoms with van der Waals surface area (Å²) in [5.74, 6) is 0. The molecule has 0 saturated heterocycles. The van der Waals surface area contributed by atoms with Gasteiger partial charge in [-0.2, -0.15) is 0 Å². The third-order valence-electron chi connectivity index (χ3n) is 1.35. The lowest BCUT2D eigenvalue weighted by Crippen LogP contribution is -2.22. The molecule has 0 saturated carbocycles. The molecule has 0 fully saturated rings. The molecule has 1 aromatic rings. The summed E-state index contributed by atoms with van der Waals surface area (Å²) >= 11 is 0. The number of hydrogen-bond acceptors (Lipinski definition) is 2. The molecule has 0 unspecified atom stereocenters. The quantitative estimate of drug-likeness (QED) is 0.511. The van der Waals surface area contributed by atoms with Gasteiger partial charge in [0.15, 0.2) is 0 Å². The maximum absolute atomic E-state index is 3.97. The van der Waals surface area contributed by atoms with E-state index in [4.69, 9.17) is 0 Å². The Morgan fingerprint density at radius 2 is 2.45 bits per heavy atom. The second-order valence-corrected chi connectivity index (χ2v) is 2.15. The van der Waals surface area contributed by atoms with Crippen molar-refractivity contribution in [2.24, 2.45) is 4.99 Å². The molecule has 1 heterocycles. The van der Waals surface area contributed by atoms with Crippen molar-refractivity contribution < 1.29 is 0 Å². The van der Waals surface area contributed by atoms with Crippen LogP contribution in [0.25, 0.3) is 12.7 Å². The molecular formula is C9H10N2. The van der Waals surface area contributed by atoms with Gasteiger partial charge in [0.05, 0.1) is 0 Å². The van der Waals surface area contributed by atoms with Crippen molar-refractivity contribution in [2.45, 2.75) is 0 Å². The fraction of sp³-hybridized carbons (Fsp3) is 0.111. The molecule has 0 aliphatic carbocycles. The van der Waals surface area contributed by atoms with Crippen LogP contribution in [0.5, 0.6) is 0 Å². The predicted octanol–water partition coefficient (Wildman–Crippen LogP) is -0.0270. The van der Waals surface area contributed by atoms with Crippen LogP contribution in [-0.2, 0) is 0 Å². The molecule has 0 bridgehead atoms. The first-order chi connectivity index (χ1) is 5.34. The van der Waals surface area contributed by atoms with E-state index in [0.717, 1.165) is 10.4 Å². The molecule has 0 N–H and O–H groups in total. The van der Waals surface area contributed by atoms with E-state index in [-0.39, 0.29) is 0 Å². The fourth-order valence-corrected chi connectivity index (χ4v) is 0.740. The van der Waals surface area contributed by atoms with Crippen LogP contribution in [-0.4, -0.2) is 18.2 Å². The molecule has 2 nitrogen and oxygen atoms in total. The first-order valence-electron chi connectivity index (χ1n) is 3.36. The summed E-state index contributed by atoms with van der Waals surface area (Å²) in [5.41, 5.74) is 0. The number of rotatable bonds is 1. The Labute approximate surface area is 65.6 Å². The summed E-state index contributed by atoms with van der Waals surface area (Å²) < 4.78 is 0. The maximum Gasteiger partial charge on any atom is 0.0346 e. The van der Waals surface area contributed by atoms with Gasteiger partial charge < -0.3 is 0 Å². The van der Waals surface area contributed by atoms with Gasteiger partial charge in [-0.15, -0.1) is 0 Å². The van der Waals surface area contributed by atoms with Gasteiger partial charge in [-0.05, 0) is 17.4 Å². The Morgan fingerprint density at radius 1 is 1.64 bits per heavy atom. The number of nitrogens with zero attached hydrogens (tertiary/aromatic N) is 2. The minimum Gasteiger partial charge on any atom is -0.296 e. The first-order valence-corrected chi connectivity index (χ1v) is 3.36. The smallest absolute Gasteiger partial charge is 0.0346 e. The topological polar surface area (TPSA) is 25.2 Å². The van der Waals surface area contributed by atoms with E-state index in [0.29, 0.717) is 0 Å². The Morgan fingerprint density at radius 3 is 3.09 bits per heavy atom. The monoisotopic (exact) mass is 146 g/mol. The lowest BCUT2D eigenvalue weighted by Gasteiger charge is -1.83. The van der Waals surface area contributed by atoms with E-state index in [1.807, 2.05) is 12.1 Å². The number of aliphatic imine (C=N–C) groups is 1. The highest BCUT2D eigenvalue weighted by Gasteiger charge is 1.77. The summed E-state index contributed by atoms with van der Waals surface area (Å²) in [4.78, 5) is 7.80. The average molecular weight is 146 g/mol. The molecule has 0 amide bonds. The lowest BCUT2D eigenvalue weighted by atomic mass is 10.3. The molecule has 0 radical (unpaired) electrons. The second kappa shape index (κ2) is 3.66. The SMILES string of the molecule is C=c1ccnc/c1=C/C=N\C. The van der Waals surface area contributed by atoms with Crippen molar-refractivity contribution in [3.63, 3.8) is 0 Å². The first kappa shape index (κ1) is 7.66. The van der Waals surface area contributed by atoms with Crippen molar-refractivity contribution in [2.75, 3.05) is 7.05 Å². The van der Waals surface area contributed by atoms with Crippen molar-refractivity contribution in [3.05, 3.63) is 28.9 Å². The summed E-state index contributed by atoms with van der Waals surface area (Å²) in [7, 11) is 1.73. The number of hydrogen-bond donors (Lipinski definition) is 0. The minimum atomic E-state index is 0.972. The minimum absolute atomic E-state index is 0.972. The van der Waals surface area contributed by atoms with Crippen LogP contribution in [0.1, 0.15) is 0 Å². The Balaban J connectivity index is 3.24. The normalized spacial score (nSPS) is 12.6. The molecule has 11 heavy (non-hydrogen) atoms. The van der Waals surface area contributed by atoms with Crippen LogP contribution in [0, 0.1) is 0 Å². The lowest BCUT2D eigenvalue weighted by molar-refractivity contribution is 1.28. The zero-order valence-electron chi connectivity index (χ0n) is 6.49. The molecule has 0 aliphatic rings. The summed E-state index contributed by atoms with van der Waals surface area (Å²) in [6.45, 7) is 3.84. The van der Waals surface area contributed by atoms with Gasteiger partial charge in [0.2, 0.25) is 0 Å². The van der Waals surface area contributed by atoms with Gasteiger partial charge in [0, 0.05) is 30.9 Å². The van der Waals surface area contributed by atoms with Crippen molar-refractivity contribution in [1.29, 1.82) is 0 Å². The van der Waals surface area contributed by atoms with Crippen LogP contribution in [0.15, 0.2) is 23.5 Å². The van der Waals surface area contributed by atoms with Gasteiger partial charge in [0.25, 0.3) is 0 Å². The standard InChI is InChI=1S/C9H10N2/c1-8-3-6-11-7-9(8)4-5-10-2/h3-7H,1H2,2H3/b9-4-,10-5-. The van der Waals surface area contributed by atoms with E-state index in [9.17, 15) is 0 Å². The fourth-order valence-electron chi connectivity index (χ4n) is 0.740. The van der Waals surface area contributed by atoms with Crippen LogP contribution in [0.3, 0.4) is 0 Å². The van der Waals surface area contributed by atoms with Crippen molar-refractivity contribution >= 4 is 18.9 Å². The summed E-state index contributed by atoms with van der Waals surface area (Å²) in [6, 6.07) is 1.87. The van der Waals surface area contributed by atoms with E-state index in [1.54, 1.807) is 25.7 Å². The largest absolute Gasteiger partial charge is 0.296 e. The van der Waals surface area contributed by atoms with Crippen LogP contribution in [0.2, 0.25) is 0 Å². The molecule has 0 atom stereocenters.